The summed E-state index contributed by atoms with van der Waals surface area (Å²) in [6.07, 6.45) is 1.15. The molecular weight excluding hydrogens is 117 g/mol. The van der Waals surface area contributed by atoms with Gasteiger partial charge in [-0.3, -0.25) is 5.34 Å². The number of hydrazine groups is 4. The highest BCUT2D eigenvalue weighted by Gasteiger charge is 2.07. The number of nitrogens with one attached hydrogen (secondary N) is 4. The molecule has 0 atom stereocenters. The molecule has 0 saturated carbocycles. The molecule has 1 rings (SSSR count). The highest BCUT2D eigenvalue weighted by molar-refractivity contribution is 6.03. The second-order valence-corrected chi connectivity index (χ2v) is 1.79. The van der Waals surface area contributed by atoms with Crippen LogP contribution in [0.5, 0.6) is 0 Å². The van der Waals surface area contributed by atoms with Crippen LogP contribution in [0.2, 0.25) is 0 Å². The number of nitrogens with zero attached hydrogens (tertiary/aromatic N) is 1. The van der Waals surface area contributed by atoms with E-state index in [1.54, 1.807) is 0 Å². The van der Waals surface area contributed by atoms with Gasteiger partial charge in [0.1, 0.15) is 0 Å². The van der Waals surface area contributed by atoms with Gasteiger partial charge in [-0.2, -0.15) is 16.2 Å². The van der Waals surface area contributed by atoms with Crippen LogP contribution < -0.4 is 21.8 Å². The summed E-state index contributed by atoms with van der Waals surface area (Å²) in [5.74, 6) is 0. The zero-order valence-corrected chi connectivity index (χ0v) is 5.15. The normalized spacial score (nSPS) is 20.9. The molecule has 0 unspecified atom stereocenters. The predicted molar refractivity (Wildman–Crippen MR) is 34.5 cm³/mol. The number of hydrogen-bond acceptors (Lipinski definition) is 5. The zero-order chi connectivity index (χ0) is 6.53. The molecule has 1 fully saturated rings. The Labute approximate surface area is 55.5 Å². The van der Waals surface area contributed by atoms with E-state index in [1.807, 2.05) is 5.12 Å². The first kappa shape index (κ1) is 6.98. The molecular formula is C3H10BN5. The molecule has 0 aromatic heterocycles. The Morgan fingerprint density at radius 3 is 3.00 bits per heavy atom. The molecule has 4 N–H and O–H groups in total. The molecule has 0 aromatic rings. The summed E-state index contributed by atoms with van der Waals surface area (Å²) in [7, 11) is 4.93. The molecule has 0 aliphatic carbocycles. The SMILES string of the molecule is [B]NNNN1CCCN1. The molecule has 0 amide bonds. The van der Waals surface area contributed by atoms with Crippen LogP contribution >= 0.6 is 0 Å². The van der Waals surface area contributed by atoms with Gasteiger partial charge in [-0.25, -0.2) is 5.43 Å². The van der Waals surface area contributed by atoms with Crippen molar-refractivity contribution in [3.05, 3.63) is 0 Å². The van der Waals surface area contributed by atoms with Gasteiger partial charge in [-0.15, -0.1) is 0 Å². The Balaban J connectivity index is 1.98. The summed E-state index contributed by atoms with van der Waals surface area (Å²) in [5, 5.41) is 4.07. The molecule has 6 heteroatoms. The Kier molecular flexibility index (Phi) is 2.95. The zero-order valence-electron chi connectivity index (χ0n) is 5.15. The van der Waals surface area contributed by atoms with E-state index in [9.17, 15) is 0 Å². The summed E-state index contributed by atoms with van der Waals surface area (Å²) in [6, 6.07) is 0. The number of rotatable bonds is 3. The lowest BCUT2D eigenvalue weighted by atomic mass is 10.5. The molecule has 0 aromatic carbocycles. The van der Waals surface area contributed by atoms with Crippen molar-refractivity contribution in [2.24, 2.45) is 0 Å². The third kappa shape index (κ3) is 2.29. The third-order valence-electron chi connectivity index (χ3n) is 1.12. The van der Waals surface area contributed by atoms with Gasteiger partial charge in [-0.05, 0) is 6.42 Å². The van der Waals surface area contributed by atoms with Crippen LogP contribution in [0.1, 0.15) is 6.42 Å². The molecule has 5 nitrogen and oxygen atoms in total. The minimum Gasteiger partial charge on any atom is -0.297 e. The van der Waals surface area contributed by atoms with Crippen molar-refractivity contribution in [2.45, 2.75) is 6.42 Å². The Hall–Kier alpha value is -0.135. The average molecular weight is 127 g/mol. The summed E-state index contributed by atoms with van der Waals surface area (Å²) < 4.78 is 0. The first-order chi connectivity index (χ1) is 4.43. The molecule has 1 saturated heterocycles. The summed E-state index contributed by atoms with van der Waals surface area (Å²) >= 11 is 0. The van der Waals surface area contributed by atoms with Crippen molar-refractivity contribution >= 4 is 7.98 Å². The van der Waals surface area contributed by atoms with E-state index in [2.05, 4.69) is 21.8 Å². The molecule has 1 aliphatic heterocycles. The fraction of sp³-hybridized carbons (Fsp3) is 1.00. The Morgan fingerprint density at radius 1 is 1.56 bits per heavy atom. The van der Waals surface area contributed by atoms with Gasteiger partial charge in [-0.1, -0.05) is 0 Å². The van der Waals surface area contributed by atoms with Crippen LogP contribution in [0.3, 0.4) is 0 Å². The molecule has 0 spiro atoms. The van der Waals surface area contributed by atoms with Gasteiger partial charge in [0.2, 0.25) is 7.98 Å². The first-order valence-corrected chi connectivity index (χ1v) is 2.91. The van der Waals surface area contributed by atoms with Gasteiger partial charge in [0.15, 0.2) is 0 Å². The van der Waals surface area contributed by atoms with Gasteiger partial charge in [0.05, 0.1) is 0 Å². The van der Waals surface area contributed by atoms with Crippen LogP contribution in [-0.2, 0) is 0 Å². The van der Waals surface area contributed by atoms with Crippen LogP contribution in [0.25, 0.3) is 0 Å². The van der Waals surface area contributed by atoms with Gasteiger partial charge < -0.3 is 0 Å². The number of hydrogen-bond donors (Lipinski definition) is 4. The summed E-state index contributed by atoms with van der Waals surface area (Å²) in [6.45, 7) is 1.99. The molecule has 9 heavy (non-hydrogen) atoms. The van der Waals surface area contributed by atoms with E-state index in [1.165, 1.54) is 0 Å². The highest BCUT2D eigenvalue weighted by atomic mass is 15.9. The lowest BCUT2D eigenvalue weighted by Crippen LogP contribution is -2.54. The smallest absolute Gasteiger partial charge is 0.203 e. The average Bonchev–Trinajstić information content (AvgIpc) is 2.34. The first-order valence-electron chi connectivity index (χ1n) is 2.91. The summed E-state index contributed by atoms with van der Waals surface area (Å²) in [4.78, 5) is 0. The monoisotopic (exact) mass is 127 g/mol. The maximum atomic E-state index is 4.93. The van der Waals surface area contributed by atoms with Crippen LogP contribution in [0.15, 0.2) is 0 Å². The lowest BCUT2D eigenvalue weighted by molar-refractivity contribution is 0.125. The lowest BCUT2D eigenvalue weighted by Gasteiger charge is -2.16. The van der Waals surface area contributed by atoms with E-state index in [-0.39, 0.29) is 0 Å². The molecule has 50 valence electrons. The topological polar surface area (TPSA) is 51.4 Å². The largest absolute Gasteiger partial charge is 0.297 e. The standard InChI is InChI=1S/C3H10BN5/c4-6-7-8-9-3-1-2-5-9/h5-8H,1-3H2. The second-order valence-electron chi connectivity index (χ2n) is 1.79. The minimum atomic E-state index is 0.981. The minimum absolute atomic E-state index is 0.981. The Morgan fingerprint density at radius 2 is 2.44 bits per heavy atom. The Bertz CT molecular complexity index is 72.6. The predicted octanol–water partition coefficient (Wildman–Crippen LogP) is -2.21. The van der Waals surface area contributed by atoms with Crippen molar-refractivity contribution in [1.82, 2.24) is 27.0 Å². The van der Waals surface area contributed by atoms with Crippen LogP contribution in [0.4, 0.5) is 0 Å². The van der Waals surface area contributed by atoms with E-state index in [0.717, 1.165) is 19.5 Å². The maximum absolute atomic E-state index is 4.93. The maximum Gasteiger partial charge on any atom is 0.203 e. The molecule has 0 bridgehead atoms. The van der Waals surface area contributed by atoms with Crippen LogP contribution in [0, 0.1) is 0 Å². The van der Waals surface area contributed by atoms with Crippen molar-refractivity contribution in [2.75, 3.05) is 13.1 Å². The third-order valence-corrected chi connectivity index (χ3v) is 1.12. The van der Waals surface area contributed by atoms with Gasteiger partial charge in [0.25, 0.3) is 0 Å². The van der Waals surface area contributed by atoms with Crippen molar-refractivity contribution in [3.8, 4) is 0 Å². The van der Waals surface area contributed by atoms with Crippen molar-refractivity contribution in [1.29, 1.82) is 0 Å². The van der Waals surface area contributed by atoms with Crippen molar-refractivity contribution in [3.63, 3.8) is 0 Å². The van der Waals surface area contributed by atoms with Crippen LogP contribution in [-0.4, -0.2) is 26.2 Å². The molecule has 1 aliphatic rings. The van der Waals surface area contributed by atoms with Gasteiger partial charge in [0, 0.05) is 13.1 Å². The fourth-order valence-corrected chi connectivity index (χ4v) is 0.725. The quantitative estimate of drug-likeness (QED) is 0.256. The fourth-order valence-electron chi connectivity index (χ4n) is 0.725. The highest BCUT2D eigenvalue weighted by Crippen LogP contribution is 1.88. The molecule has 2 radical (unpaired) electrons. The van der Waals surface area contributed by atoms with E-state index >= 15 is 0 Å². The molecule has 1 heterocycles. The van der Waals surface area contributed by atoms with E-state index in [0.29, 0.717) is 0 Å². The van der Waals surface area contributed by atoms with E-state index < -0.39 is 0 Å². The summed E-state index contributed by atoms with van der Waals surface area (Å²) in [5.41, 5.74) is 8.35. The second kappa shape index (κ2) is 3.81. The van der Waals surface area contributed by atoms with E-state index in [4.69, 9.17) is 7.98 Å². The van der Waals surface area contributed by atoms with Crippen molar-refractivity contribution < 1.29 is 0 Å². The van der Waals surface area contributed by atoms with Gasteiger partial charge >= 0.3 is 0 Å².